The van der Waals surface area contributed by atoms with Gasteiger partial charge in [-0.1, -0.05) is 0 Å². The minimum atomic E-state index is -3.12. The van der Waals surface area contributed by atoms with E-state index in [1.54, 1.807) is 0 Å². The largest absolute Gasteiger partial charge is 1.00 e. The summed E-state index contributed by atoms with van der Waals surface area (Å²) >= 11 is 0. The molecule has 6 nitrogen and oxygen atoms in total. The van der Waals surface area contributed by atoms with Gasteiger partial charge in [-0.2, -0.15) is 4.89 Å². The normalized spacial score (nSPS) is 5.50. The van der Waals surface area contributed by atoms with Gasteiger partial charge in [-0.15, -0.1) is 0 Å². The summed E-state index contributed by atoms with van der Waals surface area (Å²) < 4.78 is 8.59. The van der Waals surface area contributed by atoms with Gasteiger partial charge in [0.15, 0.2) is 0 Å². The van der Waals surface area contributed by atoms with Crippen molar-refractivity contribution in [3.05, 3.63) is 0 Å². The molecule has 0 rings (SSSR count). The molecule has 0 radical (unpaired) electrons. The molecule has 0 bridgehead atoms. The van der Waals surface area contributed by atoms with E-state index in [0.717, 1.165) is 0 Å². The van der Waals surface area contributed by atoms with Gasteiger partial charge in [-0.3, -0.25) is 0 Å². The van der Waals surface area contributed by atoms with Gasteiger partial charge in [-0.25, -0.2) is 0 Å². The van der Waals surface area contributed by atoms with E-state index in [-0.39, 0.29) is 46.0 Å². The van der Waals surface area contributed by atoms with Crippen LogP contribution >= 0.6 is 8.25 Å². The van der Waals surface area contributed by atoms with E-state index in [1.165, 1.54) is 0 Å². The van der Waals surface area contributed by atoms with Gasteiger partial charge in [-0.05, 0) is 4.57 Å². The maximum absolute atomic E-state index is 8.59. The van der Waals surface area contributed by atoms with Crippen molar-refractivity contribution in [3.63, 3.8) is 0 Å². The van der Waals surface area contributed by atoms with E-state index in [2.05, 4.69) is 0 Å². The van der Waals surface area contributed by atoms with Crippen LogP contribution in [0.2, 0.25) is 0 Å². The van der Waals surface area contributed by atoms with Crippen LogP contribution in [0.3, 0.4) is 0 Å². The minimum absolute atomic E-state index is 0. The Bertz CT molecular complexity index is 31.5. The molecule has 0 aliphatic carbocycles. The Kier molecular flexibility index (Phi) is 113. The third-order valence-corrected chi connectivity index (χ3v) is 0. The van der Waals surface area contributed by atoms with Crippen LogP contribution in [0.5, 0.6) is 0 Å². The van der Waals surface area contributed by atoms with Crippen molar-refractivity contribution in [1.29, 1.82) is 0 Å². The van der Waals surface area contributed by atoms with Crippen LogP contribution in [0.1, 0.15) is 0 Å². The topological polar surface area (TPSA) is 155 Å². The summed E-state index contributed by atoms with van der Waals surface area (Å²) in [6, 6.07) is 0. The number of hydrogen-bond donors (Lipinski definition) is 1. The molecule has 0 fully saturated rings. The third kappa shape index (κ3) is 297. The SMILES string of the molecule is O.O.O.O=[P+]([O-])O.[Na+]. The molecule has 0 aliphatic heterocycles. The molecule has 1 atom stereocenters. The number of rotatable bonds is 0. The van der Waals surface area contributed by atoms with Crippen LogP contribution in [-0.4, -0.2) is 21.3 Å². The Morgan fingerprint density at radius 2 is 1.25 bits per heavy atom. The van der Waals surface area contributed by atoms with Crippen molar-refractivity contribution in [2.75, 3.05) is 0 Å². The molecule has 1 unspecified atom stereocenters. The first kappa shape index (κ1) is 36.5. The molecule has 8 heavy (non-hydrogen) atoms. The molecule has 0 aliphatic rings. The van der Waals surface area contributed by atoms with E-state index in [1.807, 2.05) is 0 Å². The second kappa shape index (κ2) is 24.7. The van der Waals surface area contributed by atoms with Gasteiger partial charge in [0.2, 0.25) is 0 Å². The summed E-state index contributed by atoms with van der Waals surface area (Å²) in [6.07, 6.45) is 0. The number of hydrogen-bond acceptors (Lipinski definition) is 2. The second-order valence-electron chi connectivity index (χ2n) is 0.238. The first-order valence-corrected chi connectivity index (χ1v) is 1.70. The molecule has 0 saturated heterocycles. The molecule has 0 spiro atoms. The van der Waals surface area contributed by atoms with E-state index in [4.69, 9.17) is 14.4 Å². The van der Waals surface area contributed by atoms with Crippen LogP contribution in [0.25, 0.3) is 0 Å². The summed E-state index contributed by atoms with van der Waals surface area (Å²) in [7, 11) is -3.12. The van der Waals surface area contributed by atoms with Crippen molar-refractivity contribution in [2.24, 2.45) is 0 Å². The Balaban J connectivity index is -0.00000000750. The van der Waals surface area contributed by atoms with E-state index < -0.39 is 8.25 Å². The maximum Gasteiger partial charge on any atom is 1.00 e. The minimum Gasteiger partial charge on any atom is -0.567 e. The third-order valence-electron chi connectivity index (χ3n) is 0. The van der Waals surface area contributed by atoms with Gasteiger partial charge < -0.3 is 21.3 Å². The molecular weight excluding hydrogens is 150 g/mol. The quantitative estimate of drug-likeness (QED) is 0.274. The van der Waals surface area contributed by atoms with E-state index in [0.29, 0.717) is 0 Å². The molecule has 0 aromatic rings. The zero-order chi connectivity index (χ0) is 3.58. The first-order chi connectivity index (χ1) is 1.73. The van der Waals surface area contributed by atoms with E-state index >= 15 is 0 Å². The molecular formula is H7NaO6P+. The molecule has 48 valence electrons. The summed E-state index contributed by atoms with van der Waals surface area (Å²) in [5.74, 6) is 0. The average Bonchev–Trinajstić information content (AvgIpc) is 0.811. The van der Waals surface area contributed by atoms with Crippen LogP contribution in [0, 0.1) is 0 Å². The van der Waals surface area contributed by atoms with Crippen molar-refractivity contribution in [1.82, 2.24) is 0 Å². The molecule has 0 saturated carbocycles. The monoisotopic (exact) mass is 157 g/mol. The van der Waals surface area contributed by atoms with Crippen LogP contribution in [0.4, 0.5) is 0 Å². The van der Waals surface area contributed by atoms with Crippen LogP contribution in [-0.2, 0) is 4.57 Å². The zero-order valence-corrected chi connectivity index (χ0v) is 7.11. The van der Waals surface area contributed by atoms with Gasteiger partial charge in [0, 0.05) is 0 Å². The second-order valence-corrected chi connectivity index (χ2v) is 0.714. The maximum atomic E-state index is 8.59. The summed E-state index contributed by atoms with van der Waals surface area (Å²) in [6.45, 7) is 0. The fourth-order valence-electron chi connectivity index (χ4n) is 0. The van der Waals surface area contributed by atoms with Gasteiger partial charge in [0.1, 0.15) is 0 Å². The van der Waals surface area contributed by atoms with Crippen molar-refractivity contribution >= 4 is 8.25 Å². The Morgan fingerprint density at radius 1 is 1.25 bits per heavy atom. The van der Waals surface area contributed by atoms with Gasteiger partial charge in [0.05, 0.1) is 0 Å². The van der Waals surface area contributed by atoms with Crippen molar-refractivity contribution in [2.45, 2.75) is 0 Å². The molecule has 8 heteroatoms. The van der Waals surface area contributed by atoms with Crippen LogP contribution < -0.4 is 34.5 Å². The van der Waals surface area contributed by atoms with Crippen molar-refractivity contribution in [3.8, 4) is 0 Å². The average molecular weight is 157 g/mol. The Labute approximate surface area is 68.7 Å². The van der Waals surface area contributed by atoms with Gasteiger partial charge in [0.25, 0.3) is 0 Å². The fourth-order valence-corrected chi connectivity index (χ4v) is 0. The van der Waals surface area contributed by atoms with Crippen molar-refractivity contribution < 1.29 is 60.3 Å². The zero-order valence-electron chi connectivity index (χ0n) is 4.21. The van der Waals surface area contributed by atoms with Crippen LogP contribution in [0.15, 0.2) is 0 Å². The molecule has 0 aromatic heterocycles. The molecule has 0 amide bonds. The summed E-state index contributed by atoms with van der Waals surface area (Å²) in [4.78, 5) is 15.6. The first-order valence-electron chi connectivity index (χ1n) is 0.565. The predicted octanol–water partition coefficient (Wildman–Crippen LogP) is -6.47. The van der Waals surface area contributed by atoms with E-state index in [9.17, 15) is 0 Å². The molecule has 0 aromatic carbocycles. The predicted molar refractivity (Wildman–Crippen MR) is 20.7 cm³/mol. The Morgan fingerprint density at radius 3 is 1.25 bits per heavy atom. The Hall–Kier alpha value is 0.900. The summed E-state index contributed by atoms with van der Waals surface area (Å²) in [5.41, 5.74) is 0. The molecule has 7 N–H and O–H groups in total. The fraction of sp³-hybridized carbons (Fsp3) is 0. The smallest absolute Gasteiger partial charge is 0.567 e. The molecule has 0 heterocycles. The summed E-state index contributed by atoms with van der Waals surface area (Å²) in [5, 5.41) is 0. The standard InChI is InChI=1S/Na.HO3P.3H2O/c;1-4(2)3;;;/h;(H,1,2,3);3*1H2/q+1;;;;. The van der Waals surface area contributed by atoms with Gasteiger partial charge >= 0.3 is 37.8 Å².